The van der Waals surface area contributed by atoms with Crippen LogP contribution in [-0.2, 0) is 4.79 Å². The summed E-state index contributed by atoms with van der Waals surface area (Å²) in [5, 5.41) is 22.9. The van der Waals surface area contributed by atoms with Crippen molar-refractivity contribution in [3.8, 4) is 0 Å². The van der Waals surface area contributed by atoms with E-state index in [1.54, 1.807) is 0 Å². The van der Waals surface area contributed by atoms with E-state index in [1.807, 2.05) is 31.2 Å². The third-order valence-corrected chi connectivity index (χ3v) is 6.98. The standard InChI is InChI=1S/C15H11N7O2S4/c1-7-19-20-13(26-7)17-10(23)6-25-15-22-21-14(28-15)18-11(24)12-16-8-4-2-3-5-9(8)27-12/h2-5H,6H2,1H3,(H,17,20,23)(H,18,21,24). The Balaban J connectivity index is 1.32. The van der Waals surface area contributed by atoms with E-state index in [1.165, 1.54) is 45.8 Å². The minimum atomic E-state index is -0.335. The van der Waals surface area contributed by atoms with Crippen LogP contribution in [0.2, 0.25) is 0 Å². The molecular formula is C15H11N7O2S4. The zero-order valence-corrected chi connectivity index (χ0v) is 17.5. The summed E-state index contributed by atoms with van der Waals surface area (Å²) in [5.41, 5.74) is 0.780. The van der Waals surface area contributed by atoms with Crippen LogP contribution in [0.3, 0.4) is 0 Å². The van der Waals surface area contributed by atoms with Crippen molar-refractivity contribution >= 4 is 78.1 Å². The average molecular weight is 450 g/mol. The second-order valence-corrected chi connectivity index (χ2v) is 9.69. The Bertz CT molecular complexity index is 1120. The highest BCUT2D eigenvalue weighted by molar-refractivity contribution is 8.01. The predicted molar refractivity (Wildman–Crippen MR) is 111 cm³/mol. The third kappa shape index (κ3) is 4.49. The molecule has 1 aromatic carbocycles. The van der Waals surface area contributed by atoms with Crippen molar-refractivity contribution in [2.24, 2.45) is 0 Å². The van der Waals surface area contributed by atoms with Gasteiger partial charge in [-0.1, -0.05) is 46.6 Å². The molecule has 0 aliphatic rings. The van der Waals surface area contributed by atoms with Gasteiger partial charge in [0.05, 0.1) is 16.0 Å². The molecule has 0 saturated carbocycles. The number of carbonyl (C=O) groups excluding carboxylic acids is 2. The molecule has 0 bridgehead atoms. The van der Waals surface area contributed by atoms with Crippen molar-refractivity contribution in [3.05, 3.63) is 34.3 Å². The average Bonchev–Trinajstić information content (AvgIpc) is 3.39. The Morgan fingerprint density at radius 1 is 1.00 bits per heavy atom. The lowest BCUT2D eigenvalue weighted by Crippen LogP contribution is -2.13. The third-order valence-electron chi connectivity index (χ3n) is 3.21. The van der Waals surface area contributed by atoms with Gasteiger partial charge in [-0.15, -0.1) is 31.7 Å². The van der Waals surface area contributed by atoms with Crippen LogP contribution < -0.4 is 10.6 Å². The van der Waals surface area contributed by atoms with Gasteiger partial charge in [-0.2, -0.15) is 0 Å². The molecule has 4 aromatic rings. The topological polar surface area (TPSA) is 123 Å². The fraction of sp³-hybridized carbons (Fsp3) is 0.133. The van der Waals surface area contributed by atoms with Crippen molar-refractivity contribution in [3.63, 3.8) is 0 Å². The lowest BCUT2D eigenvalue weighted by Gasteiger charge is -1.98. The van der Waals surface area contributed by atoms with Gasteiger partial charge >= 0.3 is 0 Å². The number of aromatic nitrogens is 5. The first-order valence-corrected chi connectivity index (χ1v) is 11.2. The molecule has 142 valence electrons. The summed E-state index contributed by atoms with van der Waals surface area (Å²) in [5.74, 6) is -0.395. The largest absolute Gasteiger partial charge is 0.300 e. The van der Waals surface area contributed by atoms with E-state index in [2.05, 4.69) is 36.0 Å². The van der Waals surface area contributed by atoms with Gasteiger partial charge in [0.2, 0.25) is 16.2 Å². The van der Waals surface area contributed by atoms with Gasteiger partial charge < -0.3 is 0 Å². The maximum atomic E-state index is 12.4. The number of aryl methyl sites for hydroxylation is 1. The molecule has 0 unspecified atom stereocenters. The molecule has 4 rings (SSSR count). The number of benzene rings is 1. The number of para-hydroxylation sites is 1. The molecule has 9 nitrogen and oxygen atoms in total. The molecule has 0 atom stereocenters. The Morgan fingerprint density at radius 3 is 2.57 bits per heavy atom. The van der Waals surface area contributed by atoms with E-state index < -0.39 is 0 Å². The lowest BCUT2D eigenvalue weighted by molar-refractivity contribution is -0.113. The molecule has 2 N–H and O–H groups in total. The van der Waals surface area contributed by atoms with E-state index in [0.717, 1.165) is 15.2 Å². The SMILES string of the molecule is Cc1nnc(NC(=O)CSc2nnc(NC(=O)c3nc4ccccc4s3)s2)s1. The first-order valence-electron chi connectivity index (χ1n) is 7.80. The number of carbonyl (C=O) groups is 2. The van der Waals surface area contributed by atoms with Crippen LogP contribution in [0.25, 0.3) is 10.2 Å². The van der Waals surface area contributed by atoms with Crippen LogP contribution in [0.5, 0.6) is 0 Å². The molecule has 28 heavy (non-hydrogen) atoms. The van der Waals surface area contributed by atoms with Crippen LogP contribution in [0.4, 0.5) is 10.3 Å². The minimum absolute atomic E-state index is 0.152. The number of fused-ring (bicyclic) bond motifs is 1. The molecular weight excluding hydrogens is 438 g/mol. The number of nitrogens with zero attached hydrogens (tertiary/aromatic N) is 5. The van der Waals surface area contributed by atoms with Crippen LogP contribution >= 0.6 is 45.8 Å². The molecule has 13 heteroatoms. The van der Waals surface area contributed by atoms with E-state index in [-0.39, 0.29) is 17.6 Å². The van der Waals surface area contributed by atoms with Crippen LogP contribution in [0.15, 0.2) is 28.6 Å². The van der Waals surface area contributed by atoms with Gasteiger partial charge in [-0.05, 0) is 19.1 Å². The summed E-state index contributed by atoms with van der Waals surface area (Å²) in [4.78, 5) is 28.6. The van der Waals surface area contributed by atoms with Gasteiger partial charge in [0.25, 0.3) is 5.91 Å². The Kier molecular flexibility index (Phi) is 5.57. The van der Waals surface area contributed by atoms with Gasteiger partial charge in [0, 0.05) is 0 Å². The highest BCUT2D eigenvalue weighted by Gasteiger charge is 2.15. The summed E-state index contributed by atoms with van der Waals surface area (Å²) in [6.07, 6.45) is 0. The van der Waals surface area contributed by atoms with Crippen LogP contribution in [0.1, 0.15) is 14.8 Å². The van der Waals surface area contributed by atoms with E-state index >= 15 is 0 Å². The number of anilines is 2. The monoisotopic (exact) mass is 449 g/mol. The van der Waals surface area contributed by atoms with Crippen LogP contribution in [-0.4, -0.2) is 42.9 Å². The Hall–Kier alpha value is -2.48. The van der Waals surface area contributed by atoms with Crippen molar-refractivity contribution in [2.45, 2.75) is 11.3 Å². The molecule has 2 amide bonds. The zero-order chi connectivity index (χ0) is 19.5. The first kappa shape index (κ1) is 18.9. The number of amides is 2. The quantitative estimate of drug-likeness (QED) is 0.340. The second-order valence-electron chi connectivity index (χ2n) is 5.28. The molecule has 0 aliphatic carbocycles. The van der Waals surface area contributed by atoms with Gasteiger partial charge in [-0.3, -0.25) is 20.2 Å². The molecule has 0 spiro atoms. The summed E-state index contributed by atoms with van der Waals surface area (Å²) in [6, 6.07) is 7.55. The fourth-order valence-electron chi connectivity index (χ4n) is 2.07. The maximum Gasteiger partial charge on any atom is 0.286 e. The van der Waals surface area contributed by atoms with E-state index in [0.29, 0.717) is 19.6 Å². The second kappa shape index (κ2) is 8.26. The van der Waals surface area contributed by atoms with Crippen LogP contribution in [0, 0.1) is 6.92 Å². The number of thioether (sulfide) groups is 1. The van der Waals surface area contributed by atoms with Crippen molar-refractivity contribution in [1.82, 2.24) is 25.4 Å². The van der Waals surface area contributed by atoms with E-state index in [9.17, 15) is 9.59 Å². The zero-order valence-electron chi connectivity index (χ0n) is 14.2. The predicted octanol–water partition coefficient (Wildman–Crippen LogP) is 3.29. The van der Waals surface area contributed by atoms with Gasteiger partial charge in [-0.25, -0.2) is 4.98 Å². The molecule has 0 fully saturated rings. The highest BCUT2D eigenvalue weighted by atomic mass is 32.2. The van der Waals surface area contributed by atoms with Crippen molar-refractivity contribution in [1.29, 1.82) is 0 Å². The summed E-state index contributed by atoms with van der Waals surface area (Å²) >= 11 is 5.04. The van der Waals surface area contributed by atoms with Crippen molar-refractivity contribution < 1.29 is 9.59 Å². The number of nitrogens with one attached hydrogen (secondary N) is 2. The highest BCUT2D eigenvalue weighted by Crippen LogP contribution is 2.27. The molecule has 0 saturated heterocycles. The number of hydrogen-bond donors (Lipinski definition) is 2. The van der Waals surface area contributed by atoms with E-state index in [4.69, 9.17) is 0 Å². The van der Waals surface area contributed by atoms with Gasteiger partial charge in [0.1, 0.15) is 5.01 Å². The number of hydrogen-bond acceptors (Lipinski definition) is 11. The first-order chi connectivity index (χ1) is 13.6. The molecule has 3 heterocycles. The summed E-state index contributed by atoms with van der Waals surface area (Å²) in [7, 11) is 0. The number of rotatable bonds is 6. The molecule has 0 aliphatic heterocycles. The Labute approximate surface area is 174 Å². The van der Waals surface area contributed by atoms with Crippen molar-refractivity contribution in [2.75, 3.05) is 16.4 Å². The fourth-order valence-corrected chi connectivity index (χ4v) is 5.08. The Morgan fingerprint density at radius 2 is 1.79 bits per heavy atom. The van der Waals surface area contributed by atoms with Gasteiger partial charge in [0.15, 0.2) is 9.35 Å². The number of thiazole rings is 1. The molecule has 3 aromatic heterocycles. The smallest absolute Gasteiger partial charge is 0.286 e. The summed E-state index contributed by atoms with van der Waals surface area (Å²) in [6.45, 7) is 1.81. The molecule has 0 radical (unpaired) electrons. The summed E-state index contributed by atoms with van der Waals surface area (Å²) < 4.78 is 1.51. The normalized spacial score (nSPS) is 10.9. The lowest BCUT2D eigenvalue weighted by atomic mass is 10.3. The maximum absolute atomic E-state index is 12.4. The minimum Gasteiger partial charge on any atom is -0.300 e.